The molecule has 0 aliphatic heterocycles. The maximum absolute atomic E-state index is 12.6. The highest BCUT2D eigenvalue weighted by Gasteiger charge is 2.49. The molecule has 1 aromatic rings. The zero-order valence-corrected chi connectivity index (χ0v) is 16.0. The van der Waals surface area contributed by atoms with Crippen molar-refractivity contribution in [3.05, 3.63) is 30.3 Å². The average molecular weight is 383 g/mol. The fourth-order valence-electron chi connectivity index (χ4n) is 1.85. The molecule has 0 radical (unpaired) electrons. The number of nitrogens with one attached hydrogen (secondary N) is 1. The molecule has 0 saturated carbocycles. The fourth-order valence-corrected chi connectivity index (χ4v) is 2.49. The number of ether oxygens (including phenoxy) is 2. The van der Waals surface area contributed by atoms with E-state index in [0.717, 1.165) is 14.2 Å². The minimum Gasteiger partial charge on any atom is -0.463 e. The lowest BCUT2D eigenvalue weighted by Gasteiger charge is -2.26. The van der Waals surface area contributed by atoms with Gasteiger partial charge in [0, 0.05) is 25.6 Å². The van der Waals surface area contributed by atoms with Crippen molar-refractivity contribution in [3.8, 4) is 11.6 Å². The van der Waals surface area contributed by atoms with Gasteiger partial charge in [-0.2, -0.15) is 0 Å². The molecule has 26 heavy (non-hydrogen) atoms. The Balaban J connectivity index is 3.52. The van der Waals surface area contributed by atoms with Crippen molar-refractivity contribution in [2.75, 3.05) is 32.8 Å². The number of hydrogen-bond donors (Lipinski definition) is 1. The van der Waals surface area contributed by atoms with Crippen molar-refractivity contribution in [2.24, 2.45) is 0 Å². The zero-order valence-electron chi connectivity index (χ0n) is 15.1. The standard InChI is InChI=1S/C17H22NO7P/c1-5-24-15(19)17(16(20)25-6-2,12-13-26(21,22-3)23-4)18-14-10-8-7-9-11-14/h7-11,18H,5-6H2,1-4H3. The van der Waals surface area contributed by atoms with Crippen molar-refractivity contribution < 1.29 is 32.7 Å². The third kappa shape index (κ3) is 5.33. The zero-order chi connectivity index (χ0) is 19.6. The molecule has 0 spiro atoms. The molecular formula is C17H22NO7P. The Hall–Kier alpha value is -2.33. The van der Waals surface area contributed by atoms with Gasteiger partial charge in [0.2, 0.25) is 0 Å². The largest absolute Gasteiger partial charge is 0.463 e. The molecule has 0 heterocycles. The molecule has 0 unspecified atom stereocenters. The average Bonchev–Trinajstić information content (AvgIpc) is 2.66. The Morgan fingerprint density at radius 3 is 1.96 bits per heavy atom. The van der Waals surface area contributed by atoms with Crippen LogP contribution >= 0.6 is 7.60 Å². The lowest BCUT2D eigenvalue weighted by molar-refractivity contribution is -0.159. The number of anilines is 1. The van der Waals surface area contributed by atoms with Crippen LogP contribution in [0.2, 0.25) is 0 Å². The Labute approximate surface area is 152 Å². The van der Waals surface area contributed by atoms with E-state index < -0.39 is 25.1 Å². The molecule has 0 aliphatic carbocycles. The molecular weight excluding hydrogens is 361 g/mol. The van der Waals surface area contributed by atoms with Gasteiger partial charge in [-0.25, -0.2) is 14.2 Å². The third-order valence-electron chi connectivity index (χ3n) is 3.13. The number of carbonyl (C=O) groups excluding carboxylic acids is 2. The second-order valence-electron chi connectivity index (χ2n) is 4.78. The molecule has 0 amide bonds. The number of carbonyl (C=O) groups is 2. The summed E-state index contributed by atoms with van der Waals surface area (Å²) in [5, 5.41) is 2.73. The molecule has 0 atom stereocenters. The van der Waals surface area contributed by atoms with Gasteiger partial charge in [0.1, 0.15) is 0 Å². The summed E-state index contributed by atoms with van der Waals surface area (Å²) in [7, 11) is -1.54. The van der Waals surface area contributed by atoms with Crippen LogP contribution < -0.4 is 5.32 Å². The minimum absolute atomic E-state index is 0.00432. The van der Waals surface area contributed by atoms with Crippen LogP contribution in [0.5, 0.6) is 0 Å². The number of para-hydroxylation sites is 1. The smallest absolute Gasteiger partial charge is 0.405 e. The van der Waals surface area contributed by atoms with Crippen LogP contribution in [-0.4, -0.2) is 44.9 Å². The molecule has 0 aliphatic rings. The van der Waals surface area contributed by atoms with Gasteiger partial charge in [-0.3, -0.25) is 0 Å². The van der Waals surface area contributed by atoms with Gasteiger partial charge < -0.3 is 23.8 Å². The van der Waals surface area contributed by atoms with E-state index in [0.29, 0.717) is 5.69 Å². The van der Waals surface area contributed by atoms with E-state index >= 15 is 0 Å². The van der Waals surface area contributed by atoms with Crippen LogP contribution in [-0.2, 0) is 32.7 Å². The minimum atomic E-state index is -3.82. The molecule has 9 heteroatoms. The quantitative estimate of drug-likeness (QED) is 0.316. The fraction of sp³-hybridized carbons (Fsp3) is 0.412. The Morgan fingerprint density at radius 2 is 1.54 bits per heavy atom. The monoisotopic (exact) mass is 383 g/mol. The number of esters is 2. The summed E-state index contributed by atoms with van der Waals surface area (Å²) in [6, 6.07) is 8.41. The SMILES string of the molecule is CCOC(=O)C(C#CP(=O)(OC)OC)(Nc1ccccc1)C(=O)OCC. The maximum Gasteiger partial charge on any atom is 0.405 e. The van der Waals surface area contributed by atoms with E-state index in [4.69, 9.17) is 18.5 Å². The number of benzene rings is 1. The van der Waals surface area contributed by atoms with Crippen molar-refractivity contribution in [2.45, 2.75) is 19.4 Å². The second-order valence-corrected chi connectivity index (χ2v) is 6.73. The Bertz CT molecular complexity index is 698. The highest BCUT2D eigenvalue weighted by Crippen LogP contribution is 2.45. The Kier molecular flexibility index (Phi) is 8.33. The molecule has 0 saturated heterocycles. The topological polar surface area (TPSA) is 100 Å². The molecule has 1 aromatic carbocycles. The highest BCUT2D eigenvalue weighted by molar-refractivity contribution is 7.59. The van der Waals surface area contributed by atoms with Crippen molar-refractivity contribution >= 4 is 25.2 Å². The van der Waals surface area contributed by atoms with Gasteiger partial charge in [0.05, 0.1) is 13.2 Å². The molecule has 8 nitrogen and oxygen atoms in total. The van der Waals surface area contributed by atoms with Crippen LogP contribution in [0, 0.1) is 11.6 Å². The van der Waals surface area contributed by atoms with Gasteiger partial charge in [0.15, 0.2) is 0 Å². The van der Waals surface area contributed by atoms with E-state index in [1.807, 2.05) is 0 Å². The van der Waals surface area contributed by atoms with Crippen molar-refractivity contribution in [1.82, 2.24) is 0 Å². The predicted molar refractivity (Wildman–Crippen MR) is 95.5 cm³/mol. The van der Waals surface area contributed by atoms with Crippen LogP contribution in [0.1, 0.15) is 13.8 Å². The molecule has 142 valence electrons. The normalized spacial score (nSPS) is 11.1. The Morgan fingerprint density at radius 1 is 1.04 bits per heavy atom. The van der Waals surface area contributed by atoms with E-state index in [9.17, 15) is 14.2 Å². The van der Waals surface area contributed by atoms with Gasteiger partial charge in [-0.05, 0) is 31.9 Å². The maximum atomic E-state index is 12.6. The molecule has 1 rings (SSSR count). The van der Waals surface area contributed by atoms with Crippen LogP contribution in [0.3, 0.4) is 0 Å². The van der Waals surface area contributed by atoms with E-state index in [-0.39, 0.29) is 13.2 Å². The first kappa shape index (κ1) is 21.7. The van der Waals surface area contributed by atoms with Gasteiger partial charge in [0.25, 0.3) is 5.54 Å². The van der Waals surface area contributed by atoms with Gasteiger partial charge in [-0.15, -0.1) is 0 Å². The molecule has 0 aromatic heterocycles. The first-order chi connectivity index (χ1) is 12.4. The van der Waals surface area contributed by atoms with Crippen LogP contribution in [0.4, 0.5) is 5.69 Å². The first-order valence-electron chi connectivity index (χ1n) is 7.81. The van der Waals surface area contributed by atoms with Crippen molar-refractivity contribution in [3.63, 3.8) is 0 Å². The molecule has 1 N–H and O–H groups in total. The molecule has 0 bridgehead atoms. The highest BCUT2D eigenvalue weighted by atomic mass is 31.2. The first-order valence-corrected chi connectivity index (χ1v) is 9.35. The van der Waals surface area contributed by atoms with E-state index in [2.05, 4.69) is 16.9 Å². The summed E-state index contributed by atoms with van der Waals surface area (Å²) in [5.41, 5.74) is 0.406. The summed E-state index contributed by atoms with van der Waals surface area (Å²) >= 11 is 0. The molecule has 0 fully saturated rings. The summed E-state index contributed by atoms with van der Waals surface area (Å²) in [5.74, 6) is 0.386. The lowest BCUT2D eigenvalue weighted by atomic mass is 10.0. The summed E-state index contributed by atoms with van der Waals surface area (Å²) in [4.78, 5) is 25.2. The third-order valence-corrected chi connectivity index (χ3v) is 4.48. The van der Waals surface area contributed by atoms with Crippen LogP contribution in [0.25, 0.3) is 0 Å². The lowest BCUT2D eigenvalue weighted by Crippen LogP contribution is -2.54. The summed E-state index contributed by atoms with van der Waals surface area (Å²) in [6.07, 6.45) is 0. The van der Waals surface area contributed by atoms with Crippen LogP contribution in [0.15, 0.2) is 30.3 Å². The van der Waals surface area contributed by atoms with Gasteiger partial charge >= 0.3 is 19.5 Å². The van der Waals surface area contributed by atoms with Gasteiger partial charge in [-0.1, -0.05) is 18.2 Å². The van der Waals surface area contributed by atoms with Crippen molar-refractivity contribution in [1.29, 1.82) is 0 Å². The number of hydrogen-bond acceptors (Lipinski definition) is 8. The summed E-state index contributed by atoms with van der Waals surface area (Å²) in [6.45, 7) is 3.17. The number of rotatable bonds is 8. The van der Waals surface area contributed by atoms with E-state index in [1.165, 1.54) is 0 Å². The summed E-state index contributed by atoms with van der Waals surface area (Å²) < 4.78 is 31.7. The van der Waals surface area contributed by atoms with E-state index in [1.54, 1.807) is 44.2 Å². The predicted octanol–water partition coefficient (Wildman–Crippen LogP) is 2.41. The second kappa shape index (κ2) is 9.97.